The molecule has 12 aromatic carbocycles. The number of para-hydroxylation sites is 2. The summed E-state index contributed by atoms with van der Waals surface area (Å²) in [6.07, 6.45) is 8.35. The van der Waals surface area contributed by atoms with Crippen molar-refractivity contribution in [2.24, 2.45) is 0 Å². The number of fused-ring (bicyclic) bond motifs is 20. The van der Waals surface area contributed by atoms with E-state index in [1.54, 1.807) is 12.4 Å². The fourth-order valence-corrected chi connectivity index (χ4v) is 15.0. The Bertz CT molecular complexity index is 6960. The molecular weight excluding hydrogens is 1310 g/mol. The fraction of sp³-hybridized carbons (Fsp3) is 0.0112. The third-order valence-electron chi connectivity index (χ3n) is 19.6. The van der Waals surface area contributed by atoms with Gasteiger partial charge in [0.25, 0.3) is 0 Å². The summed E-state index contributed by atoms with van der Waals surface area (Å²) < 4.78 is 15.3. The molecule has 0 aliphatic heterocycles. The Morgan fingerprint density at radius 2 is 0.812 bits per heavy atom. The summed E-state index contributed by atoms with van der Waals surface area (Å²) in [6, 6.07) is 96.9. The molecule has 0 fully saturated rings. The van der Waals surface area contributed by atoms with Gasteiger partial charge in [0.2, 0.25) is 11.4 Å². The molecular formula is C89H52BrN9O2. The van der Waals surface area contributed by atoms with Crippen molar-refractivity contribution in [1.82, 2.24) is 44.4 Å². The number of rotatable bonds is 5. The highest BCUT2D eigenvalue weighted by molar-refractivity contribution is 9.10. The predicted octanol–water partition coefficient (Wildman–Crippen LogP) is 23.0. The van der Waals surface area contributed by atoms with Crippen molar-refractivity contribution in [2.75, 3.05) is 0 Å². The monoisotopic (exact) mass is 1360 g/mol. The summed E-state index contributed by atoms with van der Waals surface area (Å²) in [5, 5.41) is 16.6. The van der Waals surface area contributed by atoms with Gasteiger partial charge in [0, 0.05) is 84.7 Å². The lowest BCUT2D eigenvalue weighted by Crippen LogP contribution is -1.99. The van der Waals surface area contributed by atoms with Crippen molar-refractivity contribution < 1.29 is 8.83 Å². The molecule has 0 unspecified atom stereocenters. The standard InChI is InChI=1S/C44H25N5O.C24H13BrN4O.C21H14/c1-2-10-29-24-37-35(22-28(29)9-1)33-19-17-26-8-3-4-12-32(26)43(33)49(37)39-20-18-31(25-46-39)41-40(30-16-15-27-11-7-21-45-36(27)23-30)47-42-34-13-5-6-14-38(34)50-44(42)48-41;25-20-10-9-16(13-27-20)22-21(15-8-7-14-4-3-11-26-18(14)12-15)28-23-17-5-1-2-6-19(17)30-24(23)29-22;1-2-7-16-12-20-17(11-15(16)6-1)13-21-18-8-4-3-5-14(18)9-10-19(20)21/h1-25H;1-13H;1-12H,13H2. The smallest absolute Gasteiger partial charge is 0.246 e. The Morgan fingerprint density at radius 1 is 0.327 bits per heavy atom. The number of hydrogen-bond acceptors (Lipinski definition) is 10. The lowest BCUT2D eigenvalue weighted by molar-refractivity contribution is 0.653. The van der Waals surface area contributed by atoms with Crippen molar-refractivity contribution in [3.63, 3.8) is 0 Å². The van der Waals surface area contributed by atoms with E-state index in [1.165, 1.54) is 76.1 Å². The number of aromatic nitrogens is 9. The number of pyridine rings is 4. The molecule has 472 valence electrons. The lowest BCUT2D eigenvalue weighted by atomic mass is 9.98. The topological polar surface area (TPSA) is 134 Å². The Labute approximate surface area is 584 Å². The number of halogens is 1. The largest absolute Gasteiger partial charge is 0.436 e. The Morgan fingerprint density at radius 3 is 1.42 bits per heavy atom. The van der Waals surface area contributed by atoms with Crippen molar-refractivity contribution >= 4 is 147 Å². The van der Waals surface area contributed by atoms with E-state index in [2.05, 4.69) is 230 Å². The van der Waals surface area contributed by atoms with Crippen LogP contribution < -0.4 is 0 Å². The molecule has 1 aliphatic rings. The molecule has 0 saturated carbocycles. The van der Waals surface area contributed by atoms with Gasteiger partial charge in [0.1, 0.15) is 44.0 Å². The number of hydrogen-bond donors (Lipinski definition) is 0. The summed E-state index contributed by atoms with van der Waals surface area (Å²) in [6.45, 7) is 0. The molecule has 0 spiro atoms. The first-order valence-corrected chi connectivity index (χ1v) is 34.3. The molecule has 101 heavy (non-hydrogen) atoms. The minimum absolute atomic E-state index is 0.494. The molecule has 0 radical (unpaired) electrons. The third kappa shape index (κ3) is 9.93. The van der Waals surface area contributed by atoms with Gasteiger partial charge in [-0.1, -0.05) is 188 Å². The van der Waals surface area contributed by atoms with Gasteiger partial charge < -0.3 is 8.83 Å². The zero-order valence-corrected chi connectivity index (χ0v) is 55.4. The van der Waals surface area contributed by atoms with E-state index >= 15 is 0 Å². The summed E-state index contributed by atoms with van der Waals surface area (Å²) in [5.74, 6) is 0.828. The van der Waals surface area contributed by atoms with Crippen LogP contribution >= 0.6 is 15.9 Å². The fourth-order valence-electron chi connectivity index (χ4n) is 14.8. The summed E-state index contributed by atoms with van der Waals surface area (Å²) >= 11 is 3.40. The van der Waals surface area contributed by atoms with Gasteiger partial charge >= 0.3 is 0 Å². The quantitative estimate of drug-likeness (QED) is 0.153. The van der Waals surface area contributed by atoms with E-state index < -0.39 is 0 Å². The SMILES string of the molecule is Brc1ccc(-c2nc3oc4ccccc4c3nc2-c2ccc3cccnc3c2)cn1.c1ccc2cc3c(cc2c1)Cc1c-3ccc2ccccc12.c1ccc2cc3c(cc2c1)c1ccc2ccccc2c1n3-c1ccc(-c2nc3oc4ccccc4c3nc2-c2ccc3cccnc3c2)cn1. The second-order valence-corrected chi connectivity index (χ2v) is 26.3. The summed E-state index contributed by atoms with van der Waals surface area (Å²) in [7, 11) is 0. The average Bonchev–Trinajstić information content (AvgIpc) is 1.59. The Kier molecular flexibility index (Phi) is 13.5. The first kappa shape index (κ1) is 58.0. The van der Waals surface area contributed by atoms with Crippen molar-refractivity contribution in [1.29, 1.82) is 0 Å². The van der Waals surface area contributed by atoms with E-state index in [1.807, 2.05) is 97.3 Å². The van der Waals surface area contributed by atoms with Crippen LogP contribution in [-0.4, -0.2) is 44.4 Å². The van der Waals surface area contributed by atoms with Gasteiger partial charge in [-0.05, 0) is 173 Å². The van der Waals surface area contributed by atoms with Crippen molar-refractivity contribution in [2.45, 2.75) is 6.42 Å². The van der Waals surface area contributed by atoms with Gasteiger partial charge in [0.15, 0.2) is 0 Å². The van der Waals surface area contributed by atoms with Gasteiger partial charge in [-0.2, -0.15) is 0 Å². The molecule has 0 N–H and O–H groups in total. The van der Waals surface area contributed by atoms with E-state index in [-0.39, 0.29) is 0 Å². The number of nitrogens with zero attached hydrogens (tertiary/aromatic N) is 9. The first-order chi connectivity index (χ1) is 49.9. The zero-order chi connectivity index (χ0) is 66.7. The van der Waals surface area contributed by atoms with Gasteiger partial charge in [-0.15, -0.1) is 0 Å². The number of furan rings is 2. The zero-order valence-electron chi connectivity index (χ0n) is 53.8. The Hall–Kier alpha value is -13.2. The van der Waals surface area contributed by atoms with Crippen molar-refractivity contribution in [3.05, 3.63) is 320 Å². The van der Waals surface area contributed by atoms with Gasteiger partial charge in [-0.25, -0.2) is 29.9 Å². The van der Waals surface area contributed by atoms with Gasteiger partial charge in [-0.3, -0.25) is 14.5 Å². The van der Waals surface area contributed by atoms with Crippen LogP contribution in [0.1, 0.15) is 11.1 Å². The lowest BCUT2D eigenvalue weighted by Gasteiger charge is -2.12. The van der Waals surface area contributed by atoms with E-state index in [4.69, 9.17) is 33.8 Å². The molecule has 9 heterocycles. The van der Waals surface area contributed by atoms with E-state index in [0.29, 0.717) is 17.1 Å². The molecule has 0 atom stereocenters. The highest BCUT2D eigenvalue weighted by atomic mass is 79.9. The van der Waals surface area contributed by atoms with E-state index in [9.17, 15) is 0 Å². The van der Waals surface area contributed by atoms with Crippen LogP contribution in [0.25, 0.3) is 193 Å². The van der Waals surface area contributed by atoms with E-state index in [0.717, 1.165) is 122 Å². The van der Waals surface area contributed by atoms with Crippen molar-refractivity contribution in [3.8, 4) is 62.0 Å². The van der Waals surface area contributed by atoms with Crippen LogP contribution in [0.3, 0.4) is 0 Å². The molecule has 21 aromatic rings. The average molecular weight is 1360 g/mol. The first-order valence-electron chi connectivity index (χ1n) is 33.5. The maximum atomic E-state index is 6.22. The molecule has 0 amide bonds. The maximum absolute atomic E-state index is 6.22. The minimum atomic E-state index is 0.494. The third-order valence-corrected chi connectivity index (χ3v) is 20.1. The molecule has 9 aromatic heterocycles. The molecule has 12 heteroatoms. The van der Waals surface area contributed by atoms with Crippen LogP contribution in [0, 0.1) is 0 Å². The molecule has 11 nitrogen and oxygen atoms in total. The molecule has 22 rings (SSSR count). The summed E-state index contributed by atoms with van der Waals surface area (Å²) in [4.78, 5) is 38.8. The normalized spacial score (nSPS) is 12.0. The summed E-state index contributed by atoms with van der Waals surface area (Å²) in [5.41, 5.74) is 20.3. The molecule has 0 bridgehead atoms. The number of benzene rings is 12. The second-order valence-electron chi connectivity index (χ2n) is 25.5. The molecule has 1 aliphatic carbocycles. The van der Waals surface area contributed by atoms with Gasteiger partial charge in [0.05, 0.1) is 33.5 Å². The van der Waals surface area contributed by atoms with Crippen LogP contribution in [0.4, 0.5) is 0 Å². The second kappa shape index (κ2) is 23.5. The minimum Gasteiger partial charge on any atom is -0.436 e. The highest BCUT2D eigenvalue weighted by Gasteiger charge is 2.24. The highest BCUT2D eigenvalue weighted by Crippen LogP contribution is 2.44. The predicted molar refractivity (Wildman–Crippen MR) is 413 cm³/mol. The van der Waals surface area contributed by atoms with Crippen LogP contribution in [0.5, 0.6) is 0 Å². The van der Waals surface area contributed by atoms with Crippen LogP contribution in [0.15, 0.2) is 317 Å². The van der Waals surface area contributed by atoms with Crippen LogP contribution in [0.2, 0.25) is 0 Å². The van der Waals surface area contributed by atoms with Crippen LogP contribution in [-0.2, 0) is 6.42 Å². The maximum Gasteiger partial charge on any atom is 0.246 e. The Balaban J connectivity index is 0.000000113. The molecule has 0 saturated heterocycles.